The molecule has 0 nitrogen and oxygen atoms in total. The Bertz CT molecular complexity index is 267. The van der Waals surface area contributed by atoms with Crippen LogP contribution in [0.4, 0.5) is 0 Å². The molecule has 0 bridgehead atoms. The van der Waals surface area contributed by atoms with E-state index in [1.54, 1.807) is 5.57 Å². The Balaban J connectivity index is 1.88. The van der Waals surface area contributed by atoms with Crippen LogP contribution < -0.4 is 0 Å². The van der Waals surface area contributed by atoms with E-state index in [0.29, 0.717) is 5.41 Å². The van der Waals surface area contributed by atoms with E-state index in [2.05, 4.69) is 30.5 Å². The summed E-state index contributed by atoms with van der Waals surface area (Å²) in [6.45, 7) is 4.04. The molecule has 16 heavy (non-hydrogen) atoms. The van der Waals surface area contributed by atoms with Gasteiger partial charge < -0.3 is 0 Å². The van der Waals surface area contributed by atoms with Crippen LogP contribution in [0.2, 0.25) is 0 Å². The molecule has 2 aliphatic rings. The van der Waals surface area contributed by atoms with Crippen LogP contribution in [0.1, 0.15) is 51.4 Å². The number of thioether (sulfide) groups is 1. The van der Waals surface area contributed by atoms with Gasteiger partial charge in [0.1, 0.15) is 0 Å². The van der Waals surface area contributed by atoms with Crippen LogP contribution >= 0.6 is 11.8 Å². The maximum atomic E-state index is 4.04. The summed E-state index contributed by atoms with van der Waals surface area (Å²) >= 11 is 2.15. The van der Waals surface area contributed by atoms with Crippen molar-refractivity contribution in [1.29, 1.82) is 0 Å². The minimum absolute atomic E-state index is 0.446. The van der Waals surface area contributed by atoms with Gasteiger partial charge in [0, 0.05) is 5.41 Å². The molecule has 0 spiro atoms. The molecule has 0 saturated heterocycles. The molecular formula is C15H24S. The highest BCUT2D eigenvalue weighted by atomic mass is 32.2. The molecule has 1 heteroatoms. The second-order valence-corrected chi connectivity index (χ2v) is 6.41. The second kappa shape index (κ2) is 5.95. The Hall–Kier alpha value is -0.170. The summed E-state index contributed by atoms with van der Waals surface area (Å²) < 4.78 is 0. The van der Waals surface area contributed by atoms with Crippen LogP contribution in [0.3, 0.4) is 0 Å². The van der Waals surface area contributed by atoms with Crippen molar-refractivity contribution >= 4 is 11.8 Å². The van der Waals surface area contributed by atoms with E-state index in [0.717, 1.165) is 0 Å². The number of rotatable bonds is 1. The van der Waals surface area contributed by atoms with Crippen LogP contribution in [-0.2, 0) is 0 Å². The van der Waals surface area contributed by atoms with Crippen molar-refractivity contribution in [2.24, 2.45) is 5.41 Å². The first-order chi connectivity index (χ1) is 7.87. The van der Waals surface area contributed by atoms with Crippen LogP contribution in [0, 0.1) is 5.41 Å². The molecule has 2 rings (SSSR count). The fraction of sp³-hybridized carbons (Fsp3) is 0.733. The van der Waals surface area contributed by atoms with Gasteiger partial charge in [-0.1, -0.05) is 30.6 Å². The lowest BCUT2D eigenvalue weighted by Gasteiger charge is -2.08. The molecule has 0 amide bonds. The first-order valence-electron chi connectivity index (χ1n) is 6.78. The third kappa shape index (κ3) is 3.16. The highest BCUT2D eigenvalue weighted by Gasteiger charge is 2.44. The minimum Gasteiger partial charge on any atom is -0.162 e. The first-order valence-corrected chi connectivity index (χ1v) is 7.94. The maximum absolute atomic E-state index is 4.04. The molecule has 1 aliphatic heterocycles. The highest BCUT2D eigenvalue weighted by Crippen LogP contribution is 2.56. The fourth-order valence-electron chi connectivity index (χ4n) is 2.67. The summed E-state index contributed by atoms with van der Waals surface area (Å²) in [5.74, 6) is 2.75. The van der Waals surface area contributed by atoms with Crippen molar-refractivity contribution in [3.05, 3.63) is 24.3 Å². The second-order valence-electron chi connectivity index (χ2n) is 5.19. The predicted octanol–water partition coefficient (Wildman–Crippen LogP) is 4.97. The number of fused-ring (bicyclic) bond motifs is 1. The van der Waals surface area contributed by atoms with Crippen LogP contribution in [0.5, 0.6) is 0 Å². The van der Waals surface area contributed by atoms with E-state index >= 15 is 0 Å². The summed E-state index contributed by atoms with van der Waals surface area (Å²) in [6.07, 6.45) is 15.7. The van der Waals surface area contributed by atoms with Gasteiger partial charge in [-0.2, -0.15) is 11.8 Å². The normalized spacial score (nSPS) is 32.4. The summed E-state index contributed by atoms with van der Waals surface area (Å²) in [5, 5.41) is 0. The van der Waals surface area contributed by atoms with Gasteiger partial charge in [-0.15, -0.1) is 6.58 Å². The van der Waals surface area contributed by atoms with Crippen molar-refractivity contribution < 1.29 is 0 Å². The number of allylic oxidation sites excluding steroid dienone is 3. The lowest BCUT2D eigenvalue weighted by atomic mass is 9.97. The van der Waals surface area contributed by atoms with Crippen molar-refractivity contribution in [3.63, 3.8) is 0 Å². The molecule has 0 aromatic heterocycles. The van der Waals surface area contributed by atoms with Crippen LogP contribution in [-0.4, -0.2) is 11.5 Å². The standard InChI is InChI=1S/C15H24S/c1-2-15-10-6-4-8-12-16-11-7-3-5-9-14(15)13-15/h2,9H,1,3-8,10-13H2. The van der Waals surface area contributed by atoms with Gasteiger partial charge in [0.2, 0.25) is 0 Å². The third-order valence-corrected chi connectivity index (χ3v) is 5.11. The average molecular weight is 236 g/mol. The first kappa shape index (κ1) is 12.3. The largest absolute Gasteiger partial charge is 0.162 e. The molecule has 90 valence electrons. The Labute approximate surface area is 105 Å². The van der Waals surface area contributed by atoms with E-state index < -0.39 is 0 Å². The summed E-state index contributed by atoms with van der Waals surface area (Å²) in [7, 11) is 0. The highest BCUT2D eigenvalue weighted by molar-refractivity contribution is 7.99. The average Bonchev–Trinajstić information content (AvgIpc) is 2.99. The molecule has 0 aromatic rings. The smallest absolute Gasteiger partial charge is 0.0126 e. The van der Waals surface area contributed by atoms with E-state index in [9.17, 15) is 0 Å². The molecule has 1 fully saturated rings. The van der Waals surface area contributed by atoms with Crippen molar-refractivity contribution in [2.75, 3.05) is 11.5 Å². The van der Waals surface area contributed by atoms with E-state index in [1.165, 1.54) is 62.9 Å². The molecular weight excluding hydrogens is 212 g/mol. The third-order valence-electron chi connectivity index (χ3n) is 3.96. The topological polar surface area (TPSA) is 0 Å². The number of hydrogen-bond acceptors (Lipinski definition) is 1. The maximum Gasteiger partial charge on any atom is 0.0126 e. The molecule has 0 aromatic carbocycles. The van der Waals surface area contributed by atoms with Gasteiger partial charge in [-0.05, 0) is 50.0 Å². The zero-order valence-corrected chi connectivity index (χ0v) is 11.2. The SMILES string of the molecule is C=CC12CCCCCSCCCCC=C1C2. The minimum atomic E-state index is 0.446. The van der Waals surface area contributed by atoms with Gasteiger partial charge in [0.15, 0.2) is 0 Å². The predicted molar refractivity (Wildman–Crippen MR) is 75.0 cm³/mol. The molecule has 1 aliphatic carbocycles. The van der Waals surface area contributed by atoms with Gasteiger partial charge in [0.05, 0.1) is 0 Å². The Kier molecular flexibility index (Phi) is 4.57. The van der Waals surface area contributed by atoms with Crippen molar-refractivity contribution in [2.45, 2.75) is 51.4 Å². The zero-order valence-electron chi connectivity index (χ0n) is 10.3. The van der Waals surface area contributed by atoms with Gasteiger partial charge >= 0.3 is 0 Å². The molecule has 1 heterocycles. The van der Waals surface area contributed by atoms with Gasteiger partial charge in [-0.25, -0.2) is 0 Å². The lowest BCUT2D eigenvalue weighted by Crippen LogP contribution is -1.96. The van der Waals surface area contributed by atoms with E-state index in [-0.39, 0.29) is 0 Å². The summed E-state index contributed by atoms with van der Waals surface area (Å²) in [5.41, 5.74) is 2.13. The van der Waals surface area contributed by atoms with Crippen molar-refractivity contribution in [1.82, 2.24) is 0 Å². The van der Waals surface area contributed by atoms with Crippen molar-refractivity contribution in [3.8, 4) is 0 Å². The Morgan fingerprint density at radius 2 is 1.94 bits per heavy atom. The monoisotopic (exact) mass is 236 g/mol. The molecule has 1 atom stereocenters. The molecule has 0 N–H and O–H groups in total. The van der Waals surface area contributed by atoms with Crippen LogP contribution in [0.15, 0.2) is 24.3 Å². The molecule has 1 saturated carbocycles. The Morgan fingerprint density at radius 3 is 2.75 bits per heavy atom. The zero-order chi connectivity index (χ0) is 11.3. The van der Waals surface area contributed by atoms with Gasteiger partial charge in [-0.3, -0.25) is 0 Å². The van der Waals surface area contributed by atoms with E-state index in [4.69, 9.17) is 0 Å². The van der Waals surface area contributed by atoms with E-state index in [1.807, 2.05) is 0 Å². The number of hydrogen-bond donors (Lipinski definition) is 0. The summed E-state index contributed by atoms with van der Waals surface area (Å²) in [6, 6.07) is 0. The summed E-state index contributed by atoms with van der Waals surface area (Å²) in [4.78, 5) is 0. The molecule has 1 unspecified atom stereocenters. The van der Waals surface area contributed by atoms with Crippen LogP contribution in [0.25, 0.3) is 0 Å². The fourth-order valence-corrected chi connectivity index (χ4v) is 3.69. The quantitative estimate of drug-likeness (QED) is 0.579. The van der Waals surface area contributed by atoms with Gasteiger partial charge in [0.25, 0.3) is 0 Å². The molecule has 0 radical (unpaired) electrons. The lowest BCUT2D eigenvalue weighted by molar-refractivity contribution is 0.549. The Morgan fingerprint density at radius 1 is 1.12 bits per heavy atom.